The van der Waals surface area contributed by atoms with Gasteiger partial charge in [-0.2, -0.15) is 0 Å². The maximum atomic E-state index is 12.5. The van der Waals surface area contributed by atoms with Gasteiger partial charge < -0.3 is 9.84 Å². The van der Waals surface area contributed by atoms with E-state index in [2.05, 4.69) is 11.4 Å². The summed E-state index contributed by atoms with van der Waals surface area (Å²) in [7, 11) is 0. The van der Waals surface area contributed by atoms with Crippen LogP contribution in [0.25, 0.3) is 0 Å². The van der Waals surface area contributed by atoms with E-state index in [9.17, 15) is 14.7 Å². The molecule has 0 radical (unpaired) electrons. The highest BCUT2D eigenvalue weighted by Crippen LogP contribution is 2.38. The van der Waals surface area contributed by atoms with Crippen LogP contribution in [0, 0.1) is 0 Å². The number of carbonyl (C=O) groups is 2. The molecule has 0 saturated heterocycles. The van der Waals surface area contributed by atoms with Crippen LogP contribution in [0.2, 0.25) is 0 Å². The fourth-order valence-corrected chi connectivity index (χ4v) is 4.40. The number of ether oxygens (including phenoxy) is 1. The van der Waals surface area contributed by atoms with Gasteiger partial charge in [-0.3, -0.25) is 5.32 Å². The van der Waals surface area contributed by atoms with Crippen molar-refractivity contribution in [2.24, 2.45) is 0 Å². The van der Waals surface area contributed by atoms with Gasteiger partial charge in [-0.25, -0.2) is 9.59 Å². The van der Waals surface area contributed by atoms with Crippen LogP contribution in [0.3, 0.4) is 0 Å². The number of hydrogen-bond donors (Lipinski definition) is 2. The third-order valence-corrected chi connectivity index (χ3v) is 5.76. The number of carboxylic acids is 1. The van der Waals surface area contributed by atoms with Crippen molar-refractivity contribution in [3.05, 3.63) is 64.2 Å². The molecule has 1 amide bonds. The Bertz CT molecular complexity index is 859. The van der Waals surface area contributed by atoms with E-state index in [1.165, 1.54) is 22.3 Å². The zero-order chi connectivity index (χ0) is 19.5. The van der Waals surface area contributed by atoms with Crippen LogP contribution in [0.4, 0.5) is 10.5 Å². The molecular weight excluding hydrogens is 354 g/mol. The SMILES string of the molecule is O=C(Nc1c2c(cc3c1CCC3)CCC2)OC(CCc1ccccc1)C(=O)O. The summed E-state index contributed by atoms with van der Waals surface area (Å²) < 4.78 is 5.31. The van der Waals surface area contributed by atoms with Crippen molar-refractivity contribution in [3.63, 3.8) is 0 Å². The first-order valence-electron chi connectivity index (χ1n) is 10.0. The molecule has 0 heterocycles. The summed E-state index contributed by atoms with van der Waals surface area (Å²) in [5, 5.41) is 12.4. The maximum absolute atomic E-state index is 12.5. The second kappa shape index (κ2) is 8.05. The van der Waals surface area contributed by atoms with Gasteiger partial charge in [0.05, 0.1) is 5.69 Å². The summed E-state index contributed by atoms with van der Waals surface area (Å²) in [6.45, 7) is 0. The highest BCUT2D eigenvalue weighted by Gasteiger charge is 2.27. The van der Waals surface area contributed by atoms with E-state index in [0.717, 1.165) is 49.8 Å². The molecule has 2 aromatic carbocycles. The number of nitrogens with one attached hydrogen (secondary N) is 1. The molecule has 146 valence electrons. The minimum Gasteiger partial charge on any atom is -0.479 e. The molecule has 0 fully saturated rings. The Hall–Kier alpha value is -2.82. The van der Waals surface area contributed by atoms with E-state index in [1.54, 1.807) is 0 Å². The first-order valence-corrected chi connectivity index (χ1v) is 10.0. The van der Waals surface area contributed by atoms with Crippen molar-refractivity contribution in [2.45, 2.75) is 57.5 Å². The fraction of sp³-hybridized carbons (Fsp3) is 0.391. The van der Waals surface area contributed by atoms with E-state index >= 15 is 0 Å². The minimum absolute atomic E-state index is 0.248. The molecular formula is C23H25NO4. The molecule has 2 aliphatic rings. The Balaban J connectivity index is 1.45. The standard InChI is InChI=1S/C23H25NO4/c25-22(26)20(13-12-15-6-2-1-3-7-15)28-23(27)24-21-18-10-4-8-16(18)14-17-9-5-11-19(17)21/h1-3,6-7,14,20H,4-5,8-13H2,(H,24,27)(H,25,26). The molecule has 1 unspecified atom stereocenters. The third kappa shape index (κ3) is 3.88. The van der Waals surface area contributed by atoms with E-state index in [1.807, 2.05) is 30.3 Å². The van der Waals surface area contributed by atoms with Crippen molar-refractivity contribution < 1.29 is 19.4 Å². The van der Waals surface area contributed by atoms with Crippen LogP contribution in [-0.4, -0.2) is 23.3 Å². The van der Waals surface area contributed by atoms with Crippen LogP contribution < -0.4 is 5.32 Å². The molecule has 5 heteroatoms. The molecule has 0 aromatic heterocycles. The highest BCUT2D eigenvalue weighted by atomic mass is 16.6. The average molecular weight is 379 g/mol. The summed E-state index contributed by atoms with van der Waals surface area (Å²) >= 11 is 0. The number of fused-ring (bicyclic) bond motifs is 2. The third-order valence-electron chi connectivity index (χ3n) is 5.76. The fourth-order valence-electron chi connectivity index (χ4n) is 4.40. The quantitative estimate of drug-likeness (QED) is 0.785. The minimum atomic E-state index is -1.16. The number of anilines is 1. The van der Waals surface area contributed by atoms with Gasteiger partial charge in [-0.05, 0) is 79.2 Å². The number of aryl methyl sites for hydroxylation is 3. The van der Waals surface area contributed by atoms with Gasteiger partial charge in [0.25, 0.3) is 0 Å². The first-order chi connectivity index (χ1) is 13.6. The summed E-state index contributed by atoms with van der Waals surface area (Å²) in [6, 6.07) is 11.9. The van der Waals surface area contributed by atoms with Gasteiger partial charge in [-0.15, -0.1) is 0 Å². The lowest BCUT2D eigenvalue weighted by atomic mass is 9.99. The van der Waals surface area contributed by atoms with Crippen molar-refractivity contribution in [1.29, 1.82) is 0 Å². The Morgan fingerprint density at radius 2 is 1.64 bits per heavy atom. The van der Waals surface area contributed by atoms with Crippen molar-refractivity contribution in [1.82, 2.24) is 0 Å². The predicted octanol–water partition coefficient (Wildman–Crippen LogP) is 4.30. The van der Waals surface area contributed by atoms with Crippen LogP contribution in [0.5, 0.6) is 0 Å². The number of carbonyl (C=O) groups excluding carboxylic acids is 1. The van der Waals surface area contributed by atoms with Gasteiger partial charge in [0.1, 0.15) is 0 Å². The van der Waals surface area contributed by atoms with Gasteiger partial charge in [0, 0.05) is 0 Å². The molecule has 0 spiro atoms. The number of amides is 1. The average Bonchev–Trinajstić information content (AvgIpc) is 3.34. The monoisotopic (exact) mass is 379 g/mol. The van der Waals surface area contributed by atoms with E-state index in [-0.39, 0.29) is 6.42 Å². The number of hydrogen-bond acceptors (Lipinski definition) is 3. The molecule has 0 saturated carbocycles. The highest BCUT2D eigenvalue weighted by molar-refractivity contribution is 5.90. The van der Waals surface area contributed by atoms with Gasteiger partial charge in [0.2, 0.25) is 6.10 Å². The zero-order valence-corrected chi connectivity index (χ0v) is 15.9. The number of aliphatic carboxylic acids is 1. The summed E-state index contributed by atoms with van der Waals surface area (Å²) in [4.78, 5) is 24.1. The second-order valence-electron chi connectivity index (χ2n) is 7.62. The van der Waals surface area contributed by atoms with Crippen LogP contribution >= 0.6 is 0 Å². The van der Waals surface area contributed by atoms with Crippen molar-refractivity contribution in [3.8, 4) is 0 Å². The summed E-state index contributed by atoms with van der Waals surface area (Å²) in [5.74, 6) is -1.12. The number of rotatable bonds is 6. The molecule has 5 nitrogen and oxygen atoms in total. The largest absolute Gasteiger partial charge is 0.479 e. The molecule has 2 aromatic rings. The Morgan fingerprint density at radius 3 is 2.25 bits per heavy atom. The summed E-state index contributed by atoms with van der Waals surface area (Å²) in [6.07, 6.45) is 5.14. The number of carboxylic acid groups (broad SMARTS) is 1. The lowest BCUT2D eigenvalue weighted by Crippen LogP contribution is -2.30. The van der Waals surface area contributed by atoms with Crippen LogP contribution in [-0.2, 0) is 41.6 Å². The van der Waals surface area contributed by atoms with Gasteiger partial charge in [-0.1, -0.05) is 36.4 Å². The molecule has 0 aliphatic heterocycles. The smallest absolute Gasteiger partial charge is 0.412 e. The van der Waals surface area contributed by atoms with Crippen molar-refractivity contribution in [2.75, 3.05) is 5.32 Å². The normalized spacial score (nSPS) is 15.6. The van der Waals surface area contributed by atoms with Gasteiger partial charge >= 0.3 is 12.1 Å². The van der Waals surface area contributed by atoms with E-state index in [0.29, 0.717) is 6.42 Å². The number of benzene rings is 2. The first kappa shape index (κ1) is 18.5. The van der Waals surface area contributed by atoms with Gasteiger partial charge in [0.15, 0.2) is 0 Å². The van der Waals surface area contributed by atoms with E-state index < -0.39 is 18.2 Å². The molecule has 1 atom stereocenters. The molecule has 28 heavy (non-hydrogen) atoms. The molecule has 4 rings (SSSR count). The lowest BCUT2D eigenvalue weighted by molar-refractivity contribution is -0.146. The topological polar surface area (TPSA) is 75.6 Å². The maximum Gasteiger partial charge on any atom is 0.412 e. The lowest BCUT2D eigenvalue weighted by Gasteiger charge is -2.18. The summed E-state index contributed by atoms with van der Waals surface area (Å²) in [5.41, 5.74) is 6.93. The Labute approximate surface area is 164 Å². The molecule has 0 bridgehead atoms. The van der Waals surface area contributed by atoms with Crippen LogP contribution in [0.1, 0.15) is 47.1 Å². The molecule has 2 N–H and O–H groups in total. The second-order valence-corrected chi connectivity index (χ2v) is 7.62. The van der Waals surface area contributed by atoms with Crippen molar-refractivity contribution >= 4 is 17.7 Å². The molecule has 2 aliphatic carbocycles. The zero-order valence-electron chi connectivity index (χ0n) is 15.9. The Kier molecular flexibility index (Phi) is 5.33. The predicted molar refractivity (Wildman–Crippen MR) is 107 cm³/mol. The van der Waals surface area contributed by atoms with Crippen LogP contribution in [0.15, 0.2) is 36.4 Å². The van der Waals surface area contributed by atoms with E-state index in [4.69, 9.17) is 4.74 Å². The Morgan fingerprint density at radius 1 is 1.00 bits per heavy atom.